The molecule has 0 spiro atoms. The summed E-state index contributed by atoms with van der Waals surface area (Å²) in [6.45, 7) is 2.37. The maximum Gasteiger partial charge on any atom is 0.338 e. The zero-order chi connectivity index (χ0) is 14.4. The average Bonchev–Trinajstić information content (AvgIpc) is 3.00. The van der Waals surface area contributed by atoms with Crippen LogP contribution in [0.4, 0.5) is 5.69 Å². The van der Waals surface area contributed by atoms with E-state index in [1.807, 2.05) is 19.1 Å². The summed E-state index contributed by atoms with van der Waals surface area (Å²) in [5.74, 6) is -0.273. The van der Waals surface area contributed by atoms with Crippen molar-refractivity contribution in [1.29, 1.82) is 0 Å². The standard InChI is InChI=1S/C16H19NO3/c1-2-11-20-16(19)13-7-9-14(10-8-13)17-15(18)12-5-3-4-6-12/h3-4,7-10,12H,2,5-6,11H2,1H3,(H,17,18). The van der Waals surface area contributed by atoms with Crippen LogP contribution in [-0.4, -0.2) is 18.5 Å². The van der Waals surface area contributed by atoms with Gasteiger partial charge in [0.25, 0.3) is 0 Å². The number of carbonyl (C=O) groups is 2. The van der Waals surface area contributed by atoms with E-state index in [0.29, 0.717) is 17.9 Å². The molecule has 1 N–H and O–H groups in total. The molecular weight excluding hydrogens is 254 g/mol. The van der Waals surface area contributed by atoms with E-state index in [4.69, 9.17) is 4.74 Å². The van der Waals surface area contributed by atoms with Gasteiger partial charge in [0, 0.05) is 11.6 Å². The van der Waals surface area contributed by atoms with Crippen molar-refractivity contribution in [2.45, 2.75) is 26.2 Å². The van der Waals surface area contributed by atoms with Gasteiger partial charge in [-0.3, -0.25) is 4.79 Å². The molecule has 0 unspecified atom stereocenters. The van der Waals surface area contributed by atoms with Crippen LogP contribution in [-0.2, 0) is 9.53 Å². The van der Waals surface area contributed by atoms with Gasteiger partial charge in [0.15, 0.2) is 0 Å². The quantitative estimate of drug-likeness (QED) is 0.662. The lowest BCUT2D eigenvalue weighted by Gasteiger charge is -2.10. The second-order valence-corrected chi connectivity index (χ2v) is 4.84. The maximum absolute atomic E-state index is 11.9. The van der Waals surface area contributed by atoms with Crippen molar-refractivity contribution in [3.63, 3.8) is 0 Å². The molecule has 0 saturated carbocycles. The molecule has 20 heavy (non-hydrogen) atoms. The predicted octanol–water partition coefficient (Wildman–Crippen LogP) is 3.16. The molecule has 0 atom stereocenters. The highest BCUT2D eigenvalue weighted by Gasteiger charge is 2.19. The number of ether oxygens (including phenoxy) is 1. The van der Waals surface area contributed by atoms with Gasteiger partial charge in [-0.05, 0) is 43.5 Å². The van der Waals surface area contributed by atoms with Gasteiger partial charge in [-0.25, -0.2) is 4.79 Å². The van der Waals surface area contributed by atoms with Crippen molar-refractivity contribution in [3.8, 4) is 0 Å². The summed E-state index contributed by atoms with van der Waals surface area (Å²) in [6, 6.07) is 6.78. The van der Waals surface area contributed by atoms with Crippen LogP contribution in [0.25, 0.3) is 0 Å². The highest BCUT2D eigenvalue weighted by atomic mass is 16.5. The normalized spacial score (nSPS) is 14.2. The van der Waals surface area contributed by atoms with Crippen LogP contribution in [0.3, 0.4) is 0 Å². The van der Waals surface area contributed by atoms with E-state index < -0.39 is 0 Å². The Balaban J connectivity index is 1.91. The Kier molecular flexibility index (Phi) is 4.93. The molecule has 0 aromatic heterocycles. The number of anilines is 1. The molecule has 2 rings (SSSR count). The summed E-state index contributed by atoms with van der Waals surface area (Å²) in [6.07, 6.45) is 6.45. The number of allylic oxidation sites excluding steroid dienone is 2. The van der Waals surface area contributed by atoms with Crippen molar-refractivity contribution in [1.82, 2.24) is 0 Å². The first-order chi connectivity index (χ1) is 9.70. The highest BCUT2D eigenvalue weighted by Crippen LogP contribution is 2.20. The van der Waals surface area contributed by atoms with Crippen molar-refractivity contribution < 1.29 is 14.3 Å². The molecule has 1 aliphatic rings. The topological polar surface area (TPSA) is 55.4 Å². The largest absolute Gasteiger partial charge is 0.462 e. The maximum atomic E-state index is 11.9. The molecule has 0 aliphatic heterocycles. The number of carbonyl (C=O) groups excluding carboxylic acids is 2. The summed E-state index contributed by atoms with van der Waals surface area (Å²) in [4.78, 5) is 23.6. The number of hydrogen-bond donors (Lipinski definition) is 1. The van der Waals surface area contributed by atoms with E-state index in [1.165, 1.54) is 0 Å². The lowest BCUT2D eigenvalue weighted by atomic mass is 10.1. The molecular formula is C16H19NO3. The van der Waals surface area contributed by atoms with Crippen LogP contribution in [0.5, 0.6) is 0 Å². The number of amides is 1. The number of esters is 1. The van der Waals surface area contributed by atoms with Crippen molar-refractivity contribution in [2.75, 3.05) is 11.9 Å². The minimum atomic E-state index is -0.329. The fourth-order valence-corrected chi connectivity index (χ4v) is 2.04. The van der Waals surface area contributed by atoms with Crippen LogP contribution >= 0.6 is 0 Å². The third-order valence-corrected chi connectivity index (χ3v) is 3.20. The minimum absolute atomic E-state index is 0.0244. The van der Waals surface area contributed by atoms with Crippen molar-refractivity contribution in [2.24, 2.45) is 5.92 Å². The number of nitrogens with one attached hydrogen (secondary N) is 1. The summed E-state index contributed by atoms with van der Waals surface area (Å²) in [7, 11) is 0. The fourth-order valence-electron chi connectivity index (χ4n) is 2.04. The van der Waals surface area contributed by atoms with E-state index in [1.54, 1.807) is 24.3 Å². The van der Waals surface area contributed by atoms with Crippen molar-refractivity contribution >= 4 is 17.6 Å². The zero-order valence-electron chi connectivity index (χ0n) is 11.6. The first-order valence-corrected chi connectivity index (χ1v) is 6.93. The smallest absolute Gasteiger partial charge is 0.338 e. The lowest BCUT2D eigenvalue weighted by molar-refractivity contribution is -0.119. The molecule has 4 heteroatoms. The van der Waals surface area contributed by atoms with E-state index in [2.05, 4.69) is 5.32 Å². The second-order valence-electron chi connectivity index (χ2n) is 4.84. The highest BCUT2D eigenvalue weighted by molar-refractivity contribution is 5.94. The third kappa shape index (κ3) is 3.70. The van der Waals surface area contributed by atoms with E-state index in [0.717, 1.165) is 19.3 Å². The van der Waals surface area contributed by atoms with Gasteiger partial charge in [-0.2, -0.15) is 0 Å². The summed E-state index contributed by atoms with van der Waals surface area (Å²) < 4.78 is 5.04. The molecule has 0 bridgehead atoms. The summed E-state index contributed by atoms with van der Waals surface area (Å²) in [5.41, 5.74) is 1.20. The lowest BCUT2D eigenvalue weighted by Crippen LogP contribution is -2.20. The van der Waals surface area contributed by atoms with Gasteiger partial charge in [-0.15, -0.1) is 0 Å². The van der Waals surface area contributed by atoms with Crippen LogP contribution in [0, 0.1) is 5.92 Å². The van der Waals surface area contributed by atoms with Gasteiger partial charge in [0.2, 0.25) is 5.91 Å². The molecule has 0 fully saturated rings. The zero-order valence-corrected chi connectivity index (χ0v) is 11.6. The Morgan fingerprint density at radius 3 is 2.45 bits per heavy atom. The molecule has 0 radical (unpaired) electrons. The molecule has 1 aromatic rings. The van der Waals surface area contributed by atoms with E-state index in [9.17, 15) is 9.59 Å². The number of rotatable bonds is 5. The number of hydrogen-bond acceptors (Lipinski definition) is 3. The first-order valence-electron chi connectivity index (χ1n) is 6.93. The SMILES string of the molecule is CCCOC(=O)c1ccc(NC(=O)C2CC=CC2)cc1. The van der Waals surface area contributed by atoms with Crippen LogP contribution in [0.1, 0.15) is 36.5 Å². The van der Waals surface area contributed by atoms with Crippen LogP contribution in [0.2, 0.25) is 0 Å². The molecule has 4 nitrogen and oxygen atoms in total. The van der Waals surface area contributed by atoms with Crippen LogP contribution in [0.15, 0.2) is 36.4 Å². The van der Waals surface area contributed by atoms with E-state index in [-0.39, 0.29) is 17.8 Å². The molecule has 106 valence electrons. The predicted molar refractivity (Wildman–Crippen MR) is 77.5 cm³/mol. The minimum Gasteiger partial charge on any atom is -0.462 e. The Bertz CT molecular complexity index is 497. The summed E-state index contributed by atoms with van der Waals surface area (Å²) in [5, 5.41) is 2.86. The van der Waals surface area contributed by atoms with Crippen molar-refractivity contribution in [3.05, 3.63) is 42.0 Å². The Morgan fingerprint density at radius 2 is 1.85 bits per heavy atom. The van der Waals surface area contributed by atoms with Crippen LogP contribution < -0.4 is 5.32 Å². The second kappa shape index (κ2) is 6.89. The van der Waals surface area contributed by atoms with Gasteiger partial charge in [0.1, 0.15) is 0 Å². The Labute approximate surface area is 118 Å². The van der Waals surface area contributed by atoms with Gasteiger partial charge < -0.3 is 10.1 Å². The number of benzene rings is 1. The molecule has 1 aliphatic carbocycles. The molecule has 0 heterocycles. The third-order valence-electron chi connectivity index (χ3n) is 3.20. The molecule has 1 aromatic carbocycles. The van der Waals surface area contributed by atoms with Gasteiger partial charge in [-0.1, -0.05) is 19.1 Å². The van der Waals surface area contributed by atoms with E-state index >= 15 is 0 Å². The monoisotopic (exact) mass is 273 g/mol. The Morgan fingerprint density at radius 1 is 1.20 bits per heavy atom. The Hall–Kier alpha value is -2.10. The molecule has 0 saturated heterocycles. The molecule has 1 amide bonds. The fraction of sp³-hybridized carbons (Fsp3) is 0.375. The summed E-state index contributed by atoms with van der Waals surface area (Å²) >= 11 is 0. The first kappa shape index (κ1) is 14.3. The average molecular weight is 273 g/mol. The van der Waals surface area contributed by atoms with Gasteiger partial charge in [0.05, 0.1) is 12.2 Å². The van der Waals surface area contributed by atoms with Gasteiger partial charge >= 0.3 is 5.97 Å².